The fraction of sp³-hybridized carbons (Fsp3) is 0.143. The average Bonchev–Trinajstić information content (AvgIpc) is 3.22. The summed E-state index contributed by atoms with van der Waals surface area (Å²) in [6, 6.07) is 13.2. The summed E-state index contributed by atoms with van der Waals surface area (Å²) in [5.41, 5.74) is 1.05. The highest BCUT2D eigenvalue weighted by Crippen LogP contribution is 2.21. The van der Waals surface area contributed by atoms with Crippen LogP contribution < -0.4 is 16.0 Å². The molecule has 0 spiro atoms. The molecule has 0 saturated carbocycles. The van der Waals surface area contributed by atoms with E-state index in [1.165, 1.54) is 28.5 Å². The van der Waals surface area contributed by atoms with Crippen LogP contribution >= 0.6 is 11.8 Å². The molecule has 0 fully saturated rings. The van der Waals surface area contributed by atoms with Gasteiger partial charge < -0.3 is 5.32 Å². The maximum absolute atomic E-state index is 12.8. The number of carbonyl (C=O) groups excluding carboxylic acids is 1. The van der Waals surface area contributed by atoms with Crippen molar-refractivity contribution >= 4 is 44.4 Å². The van der Waals surface area contributed by atoms with Gasteiger partial charge in [-0.1, -0.05) is 42.1 Å². The minimum atomic E-state index is -3.82. The number of carbonyl (C=O) groups is 1. The Kier molecular flexibility index (Phi) is 6.31. The SMILES string of the molecule is C=CCn1c(=O)c2ccccc2n2c(SCC(=O)NCc3cccc(S(N)(=O)=O)c3)nnc12. The number of allylic oxidation sites excluding steroid dienone is 1. The highest BCUT2D eigenvalue weighted by molar-refractivity contribution is 7.99. The van der Waals surface area contributed by atoms with Crippen molar-refractivity contribution in [3.05, 3.63) is 77.1 Å². The number of nitrogens with zero attached hydrogens (tertiary/aromatic N) is 4. The number of rotatable bonds is 8. The molecule has 2 aromatic carbocycles. The van der Waals surface area contributed by atoms with Gasteiger partial charge in [0, 0.05) is 13.1 Å². The molecule has 0 aliphatic rings. The number of thioether (sulfide) groups is 1. The van der Waals surface area contributed by atoms with Gasteiger partial charge >= 0.3 is 0 Å². The van der Waals surface area contributed by atoms with Crippen molar-refractivity contribution in [1.82, 2.24) is 24.5 Å². The third kappa shape index (κ3) is 4.67. The maximum atomic E-state index is 12.8. The van der Waals surface area contributed by atoms with Crippen LogP contribution in [0.1, 0.15) is 5.56 Å². The van der Waals surface area contributed by atoms with Crippen LogP contribution in [-0.4, -0.2) is 39.2 Å². The molecule has 0 aliphatic carbocycles. The van der Waals surface area contributed by atoms with E-state index >= 15 is 0 Å². The zero-order valence-electron chi connectivity index (χ0n) is 17.3. The lowest BCUT2D eigenvalue weighted by Gasteiger charge is -2.10. The van der Waals surface area contributed by atoms with E-state index in [0.717, 1.165) is 0 Å². The van der Waals surface area contributed by atoms with E-state index in [4.69, 9.17) is 5.14 Å². The van der Waals surface area contributed by atoms with Gasteiger partial charge in [-0.3, -0.25) is 18.6 Å². The summed E-state index contributed by atoms with van der Waals surface area (Å²) in [6.45, 7) is 4.11. The van der Waals surface area contributed by atoms with Gasteiger partial charge in [-0.25, -0.2) is 13.6 Å². The molecule has 2 aromatic heterocycles. The van der Waals surface area contributed by atoms with Gasteiger partial charge in [0.15, 0.2) is 5.16 Å². The van der Waals surface area contributed by atoms with Crippen molar-refractivity contribution in [2.75, 3.05) is 5.75 Å². The Morgan fingerprint density at radius 1 is 1.18 bits per heavy atom. The molecule has 0 bridgehead atoms. The van der Waals surface area contributed by atoms with Crippen molar-refractivity contribution in [3.63, 3.8) is 0 Å². The Balaban J connectivity index is 1.54. The number of sulfonamides is 1. The van der Waals surface area contributed by atoms with E-state index in [9.17, 15) is 18.0 Å². The maximum Gasteiger partial charge on any atom is 0.263 e. The minimum Gasteiger partial charge on any atom is -0.351 e. The lowest BCUT2D eigenvalue weighted by atomic mass is 10.2. The largest absolute Gasteiger partial charge is 0.351 e. The molecule has 0 atom stereocenters. The first-order chi connectivity index (χ1) is 15.8. The molecule has 12 heteroatoms. The molecule has 0 radical (unpaired) electrons. The van der Waals surface area contributed by atoms with Crippen LogP contribution in [0, 0.1) is 0 Å². The number of para-hydroxylation sites is 1. The molecule has 0 saturated heterocycles. The molecule has 4 rings (SSSR count). The standard InChI is InChI=1S/C21H20N6O4S2/c1-2-10-26-19(29)16-8-3-4-9-17(16)27-20(26)24-25-21(27)32-13-18(28)23-12-14-6-5-7-15(11-14)33(22,30)31/h2-9,11H,1,10,12-13H2,(H,23,28)(H2,22,30,31). The zero-order valence-corrected chi connectivity index (χ0v) is 19.0. The summed E-state index contributed by atoms with van der Waals surface area (Å²) in [4.78, 5) is 25.2. The number of aromatic nitrogens is 4. The molecule has 33 heavy (non-hydrogen) atoms. The number of nitrogens with one attached hydrogen (secondary N) is 1. The van der Waals surface area contributed by atoms with Gasteiger partial charge in [0.05, 0.1) is 21.6 Å². The average molecular weight is 485 g/mol. The highest BCUT2D eigenvalue weighted by atomic mass is 32.2. The van der Waals surface area contributed by atoms with Crippen molar-refractivity contribution in [2.45, 2.75) is 23.1 Å². The quantitative estimate of drug-likeness (QED) is 0.283. The second-order valence-corrected chi connectivity index (χ2v) is 9.60. The monoisotopic (exact) mass is 484 g/mol. The molecule has 1 amide bonds. The molecule has 10 nitrogen and oxygen atoms in total. The van der Waals surface area contributed by atoms with E-state index < -0.39 is 10.0 Å². The van der Waals surface area contributed by atoms with Gasteiger partial charge in [0.2, 0.25) is 21.7 Å². The van der Waals surface area contributed by atoms with Crippen LogP contribution in [0.15, 0.2) is 76.0 Å². The summed E-state index contributed by atoms with van der Waals surface area (Å²) in [7, 11) is -3.82. The molecule has 0 unspecified atom stereocenters. The van der Waals surface area contributed by atoms with Gasteiger partial charge in [-0.05, 0) is 29.8 Å². The third-order valence-electron chi connectivity index (χ3n) is 4.84. The first kappa shape index (κ1) is 22.7. The summed E-state index contributed by atoms with van der Waals surface area (Å²) < 4.78 is 26.2. The number of primary sulfonamides is 1. The molecule has 4 aromatic rings. The topological polar surface area (TPSA) is 141 Å². The number of hydrogen-bond donors (Lipinski definition) is 2. The number of nitrogens with two attached hydrogens (primary N) is 1. The van der Waals surface area contributed by atoms with Crippen molar-refractivity contribution in [3.8, 4) is 0 Å². The predicted molar refractivity (Wildman–Crippen MR) is 125 cm³/mol. The van der Waals surface area contributed by atoms with Crippen LogP contribution in [0.3, 0.4) is 0 Å². The van der Waals surface area contributed by atoms with Crippen LogP contribution in [0.4, 0.5) is 0 Å². The van der Waals surface area contributed by atoms with E-state index in [-0.39, 0.29) is 35.2 Å². The summed E-state index contributed by atoms with van der Waals surface area (Å²) in [6.07, 6.45) is 1.61. The number of benzene rings is 2. The Hall–Kier alpha value is -3.48. The molecule has 2 heterocycles. The summed E-state index contributed by atoms with van der Waals surface area (Å²) in [5, 5.41) is 17.2. The smallest absolute Gasteiger partial charge is 0.263 e. The first-order valence-corrected chi connectivity index (χ1v) is 12.3. The lowest BCUT2D eigenvalue weighted by Crippen LogP contribution is -2.25. The van der Waals surface area contributed by atoms with Gasteiger partial charge in [0.1, 0.15) is 0 Å². The van der Waals surface area contributed by atoms with E-state index in [0.29, 0.717) is 27.4 Å². The predicted octanol–water partition coefficient (Wildman–Crippen LogP) is 1.29. The van der Waals surface area contributed by atoms with E-state index in [2.05, 4.69) is 22.1 Å². The zero-order chi connectivity index (χ0) is 23.6. The van der Waals surface area contributed by atoms with Crippen LogP contribution in [0.2, 0.25) is 0 Å². The Bertz CT molecular complexity index is 1540. The summed E-state index contributed by atoms with van der Waals surface area (Å²) in [5.74, 6) is 0.132. The molecule has 170 valence electrons. The van der Waals surface area contributed by atoms with Crippen molar-refractivity contribution < 1.29 is 13.2 Å². The molecular formula is C21H20N6O4S2. The Morgan fingerprint density at radius 2 is 1.97 bits per heavy atom. The van der Waals surface area contributed by atoms with Gasteiger partial charge in [-0.15, -0.1) is 16.8 Å². The normalized spacial score (nSPS) is 11.7. The second-order valence-electron chi connectivity index (χ2n) is 7.10. The van der Waals surface area contributed by atoms with Gasteiger partial charge in [-0.2, -0.15) is 0 Å². The highest BCUT2D eigenvalue weighted by Gasteiger charge is 2.17. The molecule has 3 N–H and O–H groups in total. The van der Waals surface area contributed by atoms with Crippen LogP contribution in [-0.2, 0) is 27.9 Å². The van der Waals surface area contributed by atoms with Gasteiger partial charge in [0.25, 0.3) is 5.56 Å². The third-order valence-corrected chi connectivity index (χ3v) is 6.68. The fourth-order valence-electron chi connectivity index (χ4n) is 3.33. The second kappa shape index (κ2) is 9.17. The Morgan fingerprint density at radius 3 is 2.73 bits per heavy atom. The van der Waals surface area contributed by atoms with E-state index in [1.807, 2.05) is 6.07 Å². The molecule has 0 aliphatic heterocycles. The van der Waals surface area contributed by atoms with Crippen molar-refractivity contribution in [2.24, 2.45) is 5.14 Å². The number of fused-ring (bicyclic) bond motifs is 3. The Labute approximate surface area is 193 Å². The van der Waals surface area contributed by atoms with Crippen LogP contribution in [0.25, 0.3) is 16.7 Å². The fourth-order valence-corrected chi connectivity index (χ4v) is 4.69. The lowest BCUT2D eigenvalue weighted by molar-refractivity contribution is -0.118. The minimum absolute atomic E-state index is 0.0176. The van der Waals surface area contributed by atoms with E-state index in [1.54, 1.807) is 40.8 Å². The van der Waals surface area contributed by atoms with Crippen molar-refractivity contribution in [1.29, 1.82) is 0 Å². The van der Waals surface area contributed by atoms with Crippen LogP contribution in [0.5, 0.6) is 0 Å². The number of hydrogen-bond acceptors (Lipinski definition) is 7. The first-order valence-electron chi connectivity index (χ1n) is 9.78. The summed E-state index contributed by atoms with van der Waals surface area (Å²) >= 11 is 1.17. The number of amides is 1. The molecular weight excluding hydrogens is 464 g/mol.